The maximum atomic E-state index is 11.1. The molecule has 0 atom stereocenters. The van der Waals surface area contributed by atoms with Crippen molar-refractivity contribution in [1.29, 1.82) is 0 Å². The molecule has 0 heterocycles. The number of ether oxygens (including phenoxy) is 1. The highest BCUT2D eigenvalue weighted by Crippen LogP contribution is 1.76. The summed E-state index contributed by atoms with van der Waals surface area (Å²) in [6.45, 7) is 4.22. The third-order valence-corrected chi connectivity index (χ3v) is 1.55. The average Bonchev–Trinajstić information content (AvgIpc) is 2.18. The van der Waals surface area contributed by atoms with Crippen molar-refractivity contribution < 1.29 is 9.53 Å². The Hall–Kier alpha value is -1.05. The Labute approximate surface area is 85.4 Å². The summed E-state index contributed by atoms with van der Waals surface area (Å²) < 4.78 is 4.80. The lowest BCUT2D eigenvalue weighted by Crippen LogP contribution is -2.30. The third kappa shape index (κ3) is 9.04. The van der Waals surface area contributed by atoms with Crippen molar-refractivity contribution in [1.82, 2.24) is 10.6 Å². The van der Waals surface area contributed by atoms with Crippen molar-refractivity contribution in [2.24, 2.45) is 0 Å². The zero-order valence-corrected chi connectivity index (χ0v) is 8.85. The summed E-state index contributed by atoms with van der Waals surface area (Å²) in [5.74, 6) is 5.67. The summed E-state index contributed by atoms with van der Waals surface area (Å²) in [7, 11) is 1.61. The topological polar surface area (TPSA) is 50.4 Å². The number of hydrogen-bond donors (Lipinski definition) is 2. The fourth-order valence-corrected chi connectivity index (χ4v) is 0.822. The molecule has 0 aliphatic rings. The van der Waals surface area contributed by atoms with Crippen LogP contribution in [0.25, 0.3) is 0 Å². The Balaban J connectivity index is 3.21. The van der Waals surface area contributed by atoms with E-state index in [2.05, 4.69) is 22.5 Å². The van der Waals surface area contributed by atoms with Crippen LogP contribution in [0, 0.1) is 11.8 Å². The van der Waals surface area contributed by atoms with Crippen LogP contribution in [0.15, 0.2) is 0 Å². The van der Waals surface area contributed by atoms with Gasteiger partial charge in [0, 0.05) is 26.6 Å². The maximum absolute atomic E-state index is 11.1. The lowest BCUT2D eigenvalue weighted by Gasteiger charge is -2.03. The van der Waals surface area contributed by atoms with Gasteiger partial charge in [0.15, 0.2) is 0 Å². The van der Waals surface area contributed by atoms with Gasteiger partial charge in [-0.25, -0.2) is 0 Å². The summed E-state index contributed by atoms with van der Waals surface area (Å²) in [6.07, 6.45) is 0.481. The number of nitrogens with one attached hydrogen (secondary N) is 2. The second-order valence-electron chi connectivity index (χ2n) is 2.70. The first-order valence-electron chi connectivity index (χ1n) is 4.67. The van der Waals surface area contributed by atoms with Crippen molar-refractivity contribution in [3.8, 4) is 11.8 Å². The summed E-state index contributed by atoms with van der Waals surface area (Å²) in [4.78, 5) is 11.1. The number of carbonyl (C=O) groups is 1. The fourth-order valence-electron chi connectivity index (χ4n) is 0.822. The number of carbonyl (C=O) groups excluding carboxylic acids is 1. The first-order valence-corrected chi connectivity index (χ1v) is 4.67. The van der Waals surface area contributed by atoms with Crippen molar-refractivity contribution in [3.05, 3.63) is 0 Å². The van der Waals surface area contributed by atoms with E-state index in [1.54, 1.807) is 14.0 Å². The fraction of sp³-hybridized carbons (Fsp3) is 0.700. The van der Waals surface area contributed by atoms with Gasteiger partial charge in [-0.3, -0.25) is 4.79 Å². The lowest BCUT2D eigenvalue weighted by molar-refractivity contribution is -0.121. The Morgan fingerprint density at radius 3 is 2.86 bits per heavy atom. The van der Waals surface area contributed by atoms with Gasteiger partial charge in [-0.05, 0) is 6.92 Å². The number of methoxy groups -OCH3 is 1. The molecule has 0 saturated carbocycles. The third-order valence-electron chi connectivity index (χ3n) is 1.55. The van der Waals surface area contributed by atoms with Gasteiger partial charge < -0.3 is 15.4 Å². The van der Waals surface area contributed by atoms with E-state index in [1.165, 1.54) is 0 Å². The molecule has 0 rings (SSSR count). The van der Waals surface area contributed by atoms with E-state index in [1.807, 2.05) is 0 Å². The standard InChI is InChI=1S/C10H18N2O2/c1-3-4-6-11-7-5-10(13)12-8-9-14-2/h11H,5-9H2,1-2H3,(H,12,13). The van der Waals surface area contributed by atoms with Gasteiger partial charge in [0.25, 0.3) is 0 Å². The molecule has 0 spiro atoms. The molecule has 0 aromatic carbocycles. The molecule has 0 aliphatic carbocycles. The van der Waals surface area contributed by atoms with Crippen LogP contribution in [0.5, 0.6) is 0 Å². The van der Waals surface area contributed by atoms with Gasteiger partial charge in [-0.2, -0.15) is 0 Å². The summed E-state index contributed by atoms with van der Waals surface area (Å²) >= 11 is 0. The van der Waals surface area contributed by atoms with E-state index in [9.17, 15) is 4.79 Å². The van der Waals surface area contributed by atoms with Gasteiger partial charge in [0.1, 0.15) is 0 Å². The Bertz CT molecular complexity index is 206. The molecule has 0 radical (unpaired) electrons. The first-order chi connectivity index (χ1) is 6.81. The predicted octanol–water partition coefficient (Wildman–Crippen LogP) is -0.248. The molecule has 0 saturated heterocycles. The van der Waals surface area contributed by atoms with Crippen molar-refractivity contribution in [3.63, 3.8) is 0 Å². The SMILES string of the molecule is CC#CCNCCC(=O)NCCOC. The Morgan fingerprint density at radius 2 is 2.21 bits per heavy atom. The molecule has 14 heavy (non-hydrogen) atoms. The van der Waals surface area contributed by atoms with Gasteiger partial charge in [-0.1, -0.05) is 5.92 Å². The largest absolute Gasteiger partial charge is 0.383 e. The molecule has 0 fully saturated rings. The van der Waals surface area contributed by atoms with Crippen LogP contribution in [-0.4, -0.2) is 39.3 Å². The van der Waals surface area contributed by atoms with Gasteiger partial charge in [0.2, 0.25) is 5.91 Å². The highest BCUT2D eigenvalue weighted by Gasteiger charge is 1.98. The zero-order chi connectivity index (χ0) is 10.6. The molecular weight excluding hydrogens is 180 g/mol. The van der Waals surface area contributed by atoms with Crippen LogP contribution in [0.4, 0.5) is 0 Å². The minimum absolute atomic E-state index is 0.0407. The van der Waals surface area contributed by atoms with Gasteiger partial charge >= 0.3 is 0 Å². The molecule has 80 valence electrons. The van der Waals surface area contributed by atoms with Crippen LogP contribution in [0.1, 0.15) is 13.3 Å². The first kappa shape index (κ1) is 12.9. The second-order valence-corrected chi connectivity index (χ2v) is 2.70. The second kappa shape index (κ2) is 10.0. The van der Waals surface area contributed by atoms with E-state index in [4.69, 9.17) is 4.74 Å². The average molecular weight is 198 g/mol. The molecule has 1 amide bonds. The molecular formula is C10H18N2O2. The van der Waals surface area contributed by atoms with Crippen molar-refractivity contribution >= 4 is 5.91 Å². The normalized spacial score (nSPS) is 9.00. The Morgan fingerprint density at radius 1 is 1.43 bits per heavy atom. The minimum Gasteiger partial charge on any atom is -0.383 e. The number of amides is 1. The quantitative estimate of drug-likeness (QED) is 0.438. The van der Waals surface area contributed by atoms with Crippen molar-refractivity contribution in [2.45, 2.75) is 13.3 Å². The maximum Gasteiger partial charge on any atom is 0.221 e. The monoisotopic (exact) mass is 198 g/mol. The number of rotatable bonds is 7. The highest BCUT2D eigenvalue weighted by molar-refractivity contribution is 5.75. The van der Waals surface area contributed by atoms with Crippen LogP contribution >= 0.6 is 0 Å². The van der Waals surface area contributed by atoms with Crippen LogP contribution < -0.4 is 10.6 Å². The van der Waals surface area contributed by atoms with Crippen LogP contribution in [-0.2, 0) is 9.53 Å². The lowest BCUT2D eigenvalue weighted by atomic mass is 10.4. The van der Waals surface area contributed by atoms with E-state index in [-0.39, 0.29) is 5.91 Å². The summed E-state index contributed by atoms with van der Waals surface area (Å²) in [5.41, 5.74) is 0. The van der Waals surface area contributed by atoms with Crippen molar-refractivity contribution in [2.75, 3.05) is 33.4 Å². The molecule has 2 N–H and O–H groups in total. The smallest absolute Gasteiger partial charge is 0.221 e. The van der Waals surface area contributed by atoms with E-state index in [0.717, 1.165) is 0 Å². The van der Waals surface area contributed by atoms with Gasteiger partial charge in [0.05, 0.1) is 13.2 Å². The zero-order valence-electron chi connectivity index (χ0n) is 8.85. The minimum atomic E-state index is 0.0407. The summed E-state index contributed by atoms with van der Waals surface area (Å²) in [5, 5.41) is 5.78. The molecule has 4 heteroatoms. The van der Waals surface area contributed by atoms with Crippen LogP contribution in [0.2, 0.25) is 0 Å². The molecule has 0 aromatic heterocycles. The Kier molecular flexibility index (Phi) is 9.28. The highest BCUT2D eigenvalue weighted by atomic mass is 16.5. The molecule has 4 nitrogen and oxygen atoms in total. The van der Waals surface area contributed by atoms with Crippen LogP contribution in [0.3, 0.4) is 0 Å². The van der Waals surface area contributed by atoms with E-state index >= 15 is 0 Å². The predicted molar refractivity (Wildman–Crippen MR) is 55.8 cm³/mol. The molecule has 0 aliphatic heterocycles. The molecule has 0 bridgehead atoms. The molecule has 0 aromatic rings. The van der Waals surface area contributed by atoms with E-state index < -0.39 is 0 Å². The van der Waals surface area contributed by atoms with Gasteiger partial charge in [-0.15, -0.1) is 5.92 Å². The summed E-state index contributed by atoms with van der Waals surface area (Å²) in [6, 6.07) is 0. The van der Waals surface area contributed by atoms with E-state index in [0.29, 0.717) is 32.7 Å². The molecule has 0 unspecified atom stereocenters. The number of hydrogen-bond acceptors (Lipinski definition) is 3.